The minimum atomic E-state index is -0.846. The van der Waals surface area contributed by atoms with Crippen molar-refractivity contribution in [3.05, 3.63) is 122 Å². The highest BCUT2D eigenvalue weighted by Crippen LogP contribution is 2.35. The van der Waals surface area contributed by atoms with Crippen LogP contribution in [0.1, 0.15) is 73.3 Å². The van der Waals surface area contributed by atoms with Crippen molar-refractivity contribution in [1.29, 1.82) is 0 Å². The van der Waals surface area contributed by atoms with Crippen LogP contribution in [0.15, 0.2) is 91.0 Å². The first-order valence-electron chi connectivity index (χ1n) is 23.4. The second-order valence-corrected chi connectivity index (χ2v) is 19.9. The molecule has 5 N–H and O–H groups in total. The average molecular weight is 1040 g/mol. The first-order chi connectivity index (χ1) is 31.7. The van der Waals surface area contributed by atoms with Crippen LogP contribution in [0.25, 0.3) is 0 Å². The fourth-order valence-electron chi connectivity index (χ4n) is 8.48. The van der Waals surface area contributed by atoms with Crippen LogP contribution in [0.3, 0.4) is 0 Å². The van der Waals surface area contributed by atoms with Gasteiger partial charge in [-0.25, -0.2) is 0 Å². The Kier molecular flexibility index (Phi) is 19.4. The molecule has 4 saturated heterocycles. The Morgan fingerprint density at radius 2 is 1.26 bits per heavy atom. The number of carbonyl (C=O) groups is 3. The third kappa shape index (κ3) is 15.9. The van der Waals surface area contributed by atoms with E-state index in [0.29, 0.717) is 42.5 Å². The molecule has 3 unspecified atom stereocenters. The number of aliphatic hydroxyl groups excluding tert-OH is 1. The Bertz CT molecular complexity index is 2140. The van der Waals surface area contributed by atoms with Gasteiger partial charge in [0.05, 0.1) is 34.9 Å². The van der Waals surface area contributed by atoms with Gasteiger partial charge in [0.2, 0.25) is 5.91 Å². The maximum atomic E-state index is 13.3. The van der Waals surface area contributed by atoms with Crippen LogP contribution in [0.2, 0.25) is 5.02 Å². The molecule has 4 heterocycles. The van der Waals surface area contributed by atoms with Gasteiger partial charge in [-0.2, -0.15) is 0 Å². The number of benzene rings is 4. The summed E-state index contributed by atoms with van der Waals surface area (Å²) in [5.41, 5.74) is 6.77. The fourth-order valence-corrected chi connectivity index (χ4v) is 9.07. The van der Waals surface area contributed by atoms with E-state index in [2.05, 4.69) is 135 Å². The first-order valence-corrected chi connectivity index (χ1v) is 24.9. The molecule has 9 rings (SSSR count). The number of hydrogen-bond acceptors (Lipinski definition) is 9. The molecule has 0 radical (unpaired) electrons. The minimum Gasteiger partial charge on any atom is -0.489 e. The largest absolute Gasteiger partial charge is 0.489 e. The van der Waals surface area contributed by atoms with E-state index in [-0.39, 0.29) is 29.8 Å². The summed E-state index contributed by atoms with van der Waals surface area (Å²) in [7, 11) is 0. The maximum Gasteiger partial charge on any atom is 0.308 e. The number of hydrogen-bond donors (Lipinski definition) is 5. The lowest BCUT2D eigenvalue weighted by molar-refractivity contribution is -0.141. The van der Waals surface area contributed by atoms with Gasteiger partial charge in [0.1, 0.15) is 11.9 Å². The molecule has 66 heavy (non-hydrogen) atoms. The highest BCUT2D eigenvalue weighted by molar-refractivity contribution is 14.1. The lowest BCUT2D eigenvalue weighted by atomic mass is 10.00. The molecule has 0 aromatic heterocycles. The summed E-state index contributed by atoms with van der Waals surface area (Å²) in [6, 6.07) is 30.2. The van der Waals surface area contributed by atoms with E-state index in [0.717, 1.165) is 89.0 Å². The summed E-state index contributed by atoms with van der Waals surface area (Å²) in [5.74, 6) is -1.10. The molecule has 1 amide bonds. The third-order valence-electron chi connectivity index (χ3n) is 12.8. The van der Waals surface area contributed by atoms with E-state index in [4.69, 9.17) is 26.6 Å². The number of carboxylic acid groups (broad SMARTS) is 2. The van der Waals surface area contributed by atoms with Crippen molar-refractivity contribution in [2.75, 3.05) is 68.7 Å². The van der Waals surface area contributed by atoms with Crippen molar-refractivity contribution in [3.8, 4) is 5.75 Å². The number of carbonyl (C=O) groups excluding carboxylic acids is 1. The lowest BCUT2D eigenvalue weighted by Gasteiger charge is -2.30. The van der Waals surface area contributed by atoms with Crippen molar-refractivity contribution in [2.24, 2.45) is 17.8 Å². The molecule has 0 spiro atoms. The van der Waals surface area contributed by atoms with Gasteiger partial charge in [0, 0.05) is 54.2 Å². The van der Waals surface area contributed by atoms with E-state index in [1.54, 1.807) is 6.07 Å². The Morgan fingerprint density at radius 1 is 0.727 bits per heavy atom. The Balaban J connectivity index is 0.000000187. The molecule has 1 saturated carbocycles. The molecular formula is C52H67ClIN5O7. The van der Waals surface area contributed by atoms with Gasteiger partial charge in [0.15, 0.2) is 0 Å². The van der Waals surface area contributed by atoms with Crippen LogP contribution in [0.5, 0.6) is 5.75 Å². The van der Waals surface area contributed by atoms with Gasteiger partial charge in [-0.3, -0.25) is 14.4 Å². The van der Waals surface area contributed by atoms with Crippen molar-refractivity contribution >= 4 is 63.4 Å². The monoisotopic (exact) mass is 1040 g/mol. The zero-order valence-corrected chi connectivity index (χ0v) is 41.4. The highest BCUT2D eigenvalue weighted by atomic mass is 127. The zero-order chi connectivity index (χ0) is 47.2. The predicted octanol–water partition coefficient (Wildman–Crippen LogP) is 8.52. The average Bonchev–Trinajstić information content (AvgIpc) is 3.89. The van der Waals surface area contributed by atoms with Gasteiger partial charge in [-0.15, -0.1) is 0 Å². The van der Waals surface area contributed by atoms with Gasteiger partial charge in [-0.1, -0.05) is 70.8 Å². The molecule has 1 aliphatic carbocycles. The van der Waals surface area contributed by atoms with Gasteiger partial charge >= 0.3 is 11.9 Å². The number of carboxylic acids is 2. The molecule has 5 atom stereocenters. The van der Waals surface area contributed by atoms with Crippen molar-refractivity contribution < 1.29 is 34.4 Å². The van der Waals surface area contributed by atoms with Crippen molar-refractivity contribution in [3.63, 3.8) is 0 Å². The molecular weight excluding hydrogens is 969 g/mol. The van der Waals surface area contributed by atoms with E-state index < -0.39 is 24.1 Å². The SMILES string of the molecule is Cc1ccc(I)cc1.Cc1ccc(N2CCC(C(=O)N[C@H](CN3CCCC3)[C@H](O)c3ccc(OC4CC4)c(Cl)c3)C2)cc1.Cc1ccc(N2CCC(C(=O)O)C2)cc1.O=C(O)C1CCNC1. The molecule has 12 nitrogen and oxygen atoms in total. The fraction of sp³-hybridized carbons (Fsp3) is 0.481. The number of aliphatic hydroxyl groups is 1. The second-order valence-electron chi connectivity index (χ2n) is 18.3. The molecule has 4 aliphatic heterocycles. The van der Waals surface area contributed by atoms with E-state index in [9.17, 15) is 19.5 Å². The van der Waals surface area contributed by atoms with Crippen LogP contribution in [0.4, 0.5) is 11.4 Å². The number of aliphatic carboxylic acids is 2. The normalized spacial score (nSPS) is 21.0. The van der Waals surface area contributed by atoms with Crippen LogP contribution >= 0.6 is 34.2 Å². The number of nitrogens with zero attached hydrogens (tertiary/aromatic N) is 3. The third-order valence-corrected chi connectivity index (χ3v) is 13.8. The number of likely N-dealkylation sites (tertiary alicyclic amines) is 1. The number of anilines is 2. The summed E-state index contributed by atoms with van der Waals surface area (Å²) in [5, 5.41) is 35.3. The molecule has 0 bridgehead atoms. The molecule has 5 fully saturated rings. The topological polar surface area (TPSA) is 155 Å². The van der Waals surface area contributed by atoms with Gasteiger partial charge < -0.3 is 45.4 Å². The van der Waals surface area contributed by atoms with Gasteiger partial charge in [-0.05, 0) is 162 Å². The Hall–Kier alpha value is -4.41. The number of aryl methyl sites for hydroxylation is 3. The molecule has 4 aromatic carbocycles. The molecule has 4 aromatic rings. The Labute approximate surface area is 409 Å². The summed E-state index contributed by atoms with van der Waals surface area (Å²) >= 11 is 8.77. The summed E-state index contributed by atoms with van der Waals surface area (Å²) in [6.07, 6.45) is 6.20. The number of ether oxygens (including phenoxy) is 1. The van der Waals surface area contributed by atoms with E-state index in [1.165, 1.54) is 20.3 Å². The highest BCUT2D eigenvalue weighted by Gasteiger charge is 2.34. The number of nitrogens with one attached hydrogen (secondary N) is 2. The van der Waals surface area contributed by atoms with Crippen LogP contribution in [-0.2, 0) is 14.4 Å². The van der Waals surface area contributed by atoms with Crippen LogP contribution in [0, 0.1) is 42.1 Å². The number of rotatable bonds is 12. The van der Waals surface area contributed by atoms with Crippen molar-refractivity contribution in [2.45, 2.75) is 84.0 Å². The smallest absolute Gasteiger partial charge is 0.308 e. The Morgan fingerprint density at radius 3 is 1.71 bits per heavy atom. The van der Waals surface area contributed by atoms with Gasteiger partial charge in [0.25, 0.3) is 0 Å². The van der Waals surface area contributed by atoms with Crippen molar-refractivity contribution in [1.82, 2.24) is 15.5 Å². The second kappa shape index (κ2) is 25.1. The van der Waals surface area contributed by atoms with E-state index >= 15 is 0 Å². The number of halogens is 2. The number of amides is 1. The standard InChI is InChI=1S/C28H36ClN3O3.C12H15NO2.C7H7I.C5H9NO2/c1-19-4-7-22(8-5-19)32-15-12-21(17-32)28(34)30-25(18-31-13-2-3-14-31)27(33)20-6-11-26(24(29)16-20)35-23-9-10-23;1-9-2-4-11(5-3-9)13-7-6-10(8-13)12(14)15;1-6-2-4-7(8)5-3-6;7-5(8)4-1-2-6-3-4/h4-8,11,16,21,23,25,27,33H,2-3,9-10,12-15,17-18H2,1H3,(H,30,34);2-5,10H,6-8H2,1H3,(H,14,15);2-5H,1H3;4,6H,1-3H2,(H,7,8)/t21?,25-,27-;;;/m1.../s1. The summed E-state index contributed by atoms with van der Waals surface area (Å²) in [6.45, 7) is 13.4. The molecule has 5 aliphatic rings. The first kappa shape index (κ1) is 51.0. The molecule has 356 valence electrons. The zero-order valence-electron chi connectivity index (χ0n) is 38.5. The summed E-state index contributed by atoms with van der Waals surface area (Å²) < 4.78 is 7.15. The summed E-state index contributed by atoms with van der Waals surface area (Å²) in [4.78, 5) is 41.0. The van der Waals surface area contributed by atoms with E-state index in [1.807, 2.05) is 19.1 Å². The predicted molar refractivity (Wildman–Crippen MR) is 271 cm³/mol. The minimum absolute atomic E-state index is 0.0163. The molecule has 14 heteroatoms. The quantitative estimate of drug-likeness (QED) is 0.0868. The van der Waals surface area contributed by atoms with Crippen LogP contribution < -0.4 is 25.2 Å². The maximum absolute atomic E-state index is 13.3. The lowest BCUT2D eigenvalue weighted by Crippen LogP contribution is -2.48. The van der Waals surface area contributed by atoms with Crippen LogP contribution in [-0.4, -0.2) is 109 Å².